The topological polar surface area (TPSA) is 59.4 Å². The van der Waals surface area contributed by atoms with Crippen LogP contribution in [0.1, 0.15) is 46.1 Å². The Hall–Kier alpha value is -4.19. The summed E-state index contributed by atoms with van der Waals surface area (Å²) in [5, 5.41) is 9.93. The van der Waals surface area contributed by atoms with Gasteiger partial charge in [-0.2, -0.15) is 17.6 Å². The summed E-state index contributed by atoms with van der Waals surface area (Å²) in [5.41, 5.74) is -3.06. The van der Waals surface area contributed by atoms with Crippen LogP contribution in [0.4, 0.5) is 35.1 Å². The van der Waals surface area contributed by atoms with Crippen molar-refractivity contribution >= 4 is 17.4 Å². The molecule has 0 saturated carbocycles. The molecule has 0 aliphatic rings. The summed E-state index contributed by atoms with van der Waals surface area (Å²) in [6, 6.07) is 12.7. The van der Waals surface area contributed by atoms with Gasteiger partial charge in [0.25, 0.3) is 5.92 Å². The van der Waals surface area contributed by atoms with E-state index in [4.69, 9.17) is 11.6 Å². The van der Waals surface area contributed by atoms with Gasteiger partial charge in [-0.15, -0.1) is 0 Å². The molecule has 4 rings (SSSR count). The molecule has 4 aromatic rings. The van der Waals surface area contributed by atoms with Gasteiger partial charge >= 0.3 is 12.5 Å². The van der Waals surface area contributed by atoms with Gasteiger partial charge in [0.1, 0.15) is 23.1 Å². The molecule has 44 heavy (non-hydrogen) atoms. The predicted molar refractivity (Wildman–Crippen MR) is 145 cm³/mol. The zero-order valence-electron chi connectivity index (χ0n) is 22.6. The molecule has 0 aliphatic carbocycles. The smallest absolute Gasteiger partial charge is 0.461 e. The SMILES string of the molecule is CC(F)(F)c1cc(C(=O)C[C@@](Cc2ccc(O)cc2)(c2cc(F)cc(OC(F)(F)C(F)F)c2)c2ccc(Cl)cn2)ccc1F. The number of ketones is 1. The number of halogens is 9. The van der Waals surface area contributed by atoms with E-state index in [1.54, 1.807) is 0 Å². The van der Waals surface area contributed by atoms with E-state index in [0.717, 1.165) is 18.2 Å². The number of phenols is 1. The van der Waals surface area contributed by atoms with Crippen molar-refractivity contribution in [3.63, 3.8) is 0 Å². The Morgan fingerprint density at radius 1 is 0.955 bits per heavy atom. The van der Waals surface area contributed by atoms with Crippen LogP contribution < -0.4 is 4.74 Å². The molecule has 0 unspecified atom stereocenters. The van der Waals surface area contributed by atoms with Gasteiger partial charge in [0.2, 0.25) is 0 Å². The predicted octanol–water partition coefficient (Wildman–Crippen LogP) is 8.87. The average Bonchev–Trinajstić information content (AvgIpc) is 2.93. The number of hydrogen-bond acceptors (Lipinski definition) is 4. The summed E-state index contributed by atoms with van der Waals surface area (Å²) in [5.74, 6) is -8.13. The minimum atomic E-state index is -5.01. The lowest BCUT2D eigenvalue weighted by atomic mass is 9.68. The second-order valence-electron chi connectivity index (χ2n) is 10.1. The van der Waals surface area contributed by atoms with Gasteiger partial charge in [0, 0.05) is 36.6 Å². The highest BCUT2D eigenvalue weighted by Gasteiger charge is 2.45. The van der Waals surface area contributed by atoms with Crippen LogP contribution in [0.2, 0.25) is 5.02 Å². The standard InChI is InChI=1S/C31H22ClF8NO3/c1-29(37,38)24-10-18(4-8-25(24)34)26(43)15-30(27-9-5-20(32)16-41-27,14-17-2-6-22(42)7-3-17)19-11-21(33)13-23(12-19)44-31(39,40)28(35)36/h2-13,16,28,42H,14-15H2,1H3/t30-/m0/s1. The first kappa shape index (κ1) is 32.7. The van der Waals surface area contributed by atoms with Crippen molar-refractivity contribution in [3.8, 4) is 11.5 Å². The number of ether oxygens (including phenoxy) is 1. The largest absolute Gasteiger partial charge is 0.508 e. The van der Waals surface area contributed by atoms with Crippen molar-refractivity contribution in [1.29, 1.82) is 0 Å². The Morgan fingerprint density at radius 3 is 2.23 bits per heavy atom. The van der Waals surface area contributed by atoms with Crippen LogP contribution in [0.15, 0.2) is 79.0 Å². The van der Waals surface area contributed by atoms with Crippen molar-refractivity contribution < 1.29 is 49.8 Å². The van der Waals surface area contributed by atoms with Crippen LogP contribution in [0.5, 0.6) is 11.5 Å². The molecule has 0 spiro atoms. The molecule has 0 amide bonds. The fraction of sp³-hybridized carbons (Fsp3) is 0.226. The zero-order chi connectivity index (χ0) is 32.4. The van der Waals surface area contributed by atoms with Gasteiger partial charge < -0.3 is 9.84 Å². The van der Waals surface area contributed by atoms with Crippen molar-refractivity contribution in [2.24, 2.45) is 0 Å². The maximum atomic E-state index is 15.0. The van der Waals surface area contributed by atoms with E-state index in [0.29, 0.717) is 30.7 Å². The van der Waals surface area contributed by atoms with E-state index in [1.165, 1.54) is 42.6 Å². The molecule has 0 aliphatic heterocycles. The van der Waals surface area contributed by atoms with Gasteiger partial charge in [0.05, 0.1) is 16.3 Å². The van der Waals surface area contributed by atoms with Gasteiger partial charge in [-0.3, -0.25) is 9.78 Å². The third kappa shape index (κ3) is 7.29. The quantitative estimate of drug-likeness (QED) is 0.131. The van der Waals surface area contributed by atoms with Crippen LogP contribution in [-0.4, -0.2) is 28.4 Å². The molecule has 0 bridgehead atoms. The zero-order valence-corrected chi connectivity index (χ0v) is 23.4. The number of rotatable bonds is 11. The van der Waals surface area contributed by atoms with Crippen molar-refractivity contribution in [1.82, 2.24) is 4.98 Å². The van der Waals surface area contributed by atoms with Gasteiger partial charge in [0.15, 0.2) is 5.78 Å². The maximum Gasteiger partial charge on any atom is 0.461 e. The summed E-state index contributed by atoms with van der Waals surface area (Å²) in [7, 11) is 0. The molecule has 232 valence electrons. The number of Topliss-reactive ketones (excluding diaryl/α,β-unsaturated/α-hetero) is 1. The number of carbonyl (C=O) groups is 1. The minimum Gasteiger partial charge on any atom is -0.508 e. The number of phenolic OH excluding ortho intramolecular Hbond substituents is 1. The van der Waals surface area contributed by atoms with E-state index in [9.17, 15) is 45.0 Å². The number of alkyl halides is 6. The number of hydrogen-bond donors (Lipinski definition) is 1. The number of carbonyl (C=O) groups excluding carboxylic acids is 1. The second kappa shape index (κ2) is 12.4. The first-order valence-electron chi connectivity index (χ1n) is 12.8. The van der Waals surface area contributed by atoms with E-state index in [2.05, 4.69) is 9.72 Å². The number of aromatic hydroxyl groups is 1. The Labute approximate surface area is 250 Å². The summed E-state index contributed by atoms with van der Waals surface area (Å²) < 4.78 is 115. The molecule has 1 atom stereocenters. The Bertz CT molecular complexity index is 1640. The van der Waals surface area contributed by atoms with Crippen LogP contribution in [-0.2, 0) is 17.8 Å². The third-order valence-corrected chi connectivity index (χ3v) is 7.04. The second-order valence-corrected chi connectivity index (χ2v) is 10.5. The molecule has 1 heterocycles. The molecular weight excluding hydrogens is 622 g/mol. The molecule has 13 heteroatoms. The maximum absolute atomic E-state index is 15.0. The summed E-state index contributed by atoms with van der Waals surface area (Å²) in [6.45, 7) is 0.440. The first-order valence-corrected chi connectivity index (χ1v) is 13.1. The average molecular weight is 644 g/mol. The molecular formula is C31H22ClF8NO3. The molecule has 0 saturated heterocycles. The summed E-state index contributed by atoms with van der Waals surface area (Å²) >= 11 is 6.02. The Balaban J connectivity index is 1.96. The van der Waals surface area contributed by atoms with Crippen LogP contribution in [0.3, 0.4) is 0 Å². The lowest BCUT2D eigenvalue weighted by Gasteiger charge is -2.34. The fourth-order valence-corrected chi connectivity index (χ4v) is 4.84. The van der Waals surface area contributed by atoms with Gasteiger partial charge in [-0.1, -0.05) is 23.7 Å². The van der Waals surface area contributed by atoms with Crippen molar-refractivity contribution in [3.05, 3.63) is 124 Å². The third-order valence-electron chi connectivity index (χ3n) is 6.82. The number of aromatic nitrogens is 1. The van der Waals surface area contributed by atoms with E-state index in [-0.39, 0.29) is 34.0 Å². The Morgan fingerprint density at radius 2 is 1.64 bits per heavy atom. The van der Waals surface area contributed by atoms with E-state index in [1.807, 2.05) is 0 Å². The number of pyridine rings is 1. The highest BCUT2D eigenvalue weighted by molar-refractivity contribution is 6.30. The van der Waals surface area contributed by atoms with E-state index >= 15 is 0 Å². The lowest BCUT2D eigenvalue weighted by molar-refractivity contribution is -0.253. The lowest BCUT2D eigenvalue weighted by Crippen LogP contribution is -2.36. The minimum absolute atomic E-state index is 0.0173. The van der Waals surface area contributed by atoms with Crippen LogP contribution >= 0.6 is 11.6 Å². The van der Waals surface area contributed by atoms with Crippen molar-refractivity contribution in [2.45, 2.75) is 43.6 Å². The first-order chi connectivity index (χ1) is 20.5. The van der Waals surface area contributed by atoms with E-state index < -0.39 is 59.0 Å². The molecule has 1 N–H and O–H groups in total. The van der Waals surface area contributed by atoms with Gasteiger partial charge in [-0.05, 0) is 72.1 Å². The molecule has 1 aromatic heterocycles. The molecule has 0 radical (unpaired) electrons. The van der Waals surface area contributed by atoms with Crippen LogP contribution in [0, 0.1) is 11.6 Å². The normalized spacial score (nSPS) is 13.5. The van der Waals surface area contributed by atoms with Crippen LogP contribution in [0.25, 0.3) is 0 Å². The molecule has 4 nitrogen and oxygen atoms in total. The summed E-state index contributed by atoms with van der Waals surface area (Å²) in [4.78, 5) is 18.1. The molecule has 3 aromatic carbocycles. The van der Waals surface area contributed by atoms with Gasteiger partial charge in [-0.25, -0.2) is 17.6 Å². The highest BCUT2D eigenvalue weighted by Crippen LogP contribution is 2.42. The van der Waals surface area contributed by atoms with Crippen molar-refractivity contribution in [2.75, 3.05) is 0 Å². The summed E-state index contributed by atoms with van der Waals surface area (Å²) in [6.07, 6.45) is -9.03. The number of nitrogens with zero attached hydrogens (tertiary/aromatic N) is 1. The fourth-order valence-electron chi connectivity index (χ4n) is 4.73. The Kier molecular flexibility index (Phi) is 9.24. The highest BCUT2D eigenvalue weighted by atomic mass is 35.5. The monoisotopic (exact) mass is 643 g/mol. The number of benzene rings is 3. The molecule has 0 fully saturated rings.